The van der Waals surface area contributed by atoms with Crippen LogP contribution in [-0.2, 0) is 9.59 Å². The van der Waals surface area contributed by atoms with E-state index in [9.17, 15) is 14.7 Å². The number of hydrogen-bond acceptors (Lipinski definition) is 5. The third kappa shape index (κ3) is 6.20. The van der Waals surface area contributed by atoms with Gasteiger partial charge in [0.25, 0.3) is 0 Å². The van der Waals surface area contributed by atoms with Crippen molar-refractivity contribution >= 4 is 28.9 Å². The van der Waals surface area contributed by atoms with Crippen molar-refractivity contribution in [2.75, 3.05) is 38.5 Å². The molecule has 8 heteroatoms. The van der Waals surface area contributed by atoms with Crippen LogP contribution in [0.3, 0.4) is 0 Å². The molecular formula is C21H26N5O3+. The summed E-state index contributed by atoms with van der Waals surface area (Å²) >= 11 is 0. The van der Waals surface area contributed by atoms with Crippen molar-refractivity contribution in [1.29, 1.82) is 0 Å². The average Bonchev–Trinajstić information content (AvgIpc) is 2.73. The topological polar surface area (TPSA) is 103 Å². The van der Waals surface area contributed by atoms with Crippen LogP contribution in [0, 0.1) is 0 Å². The first-order chi connectivity index (χ1) is 14.0. The average molecular weight is 396 g/mol. The number of benzene rings is 2. The third-order valence-corrected chi connectivity index (χ3v) is 5.10. The maximum Gasteiger partial charge on any atom is 0.230 e. The summed E-state index contributed by atoms with van der Waals surface area (Å²) < 4.78 is 0. The third-order valence-electron chi connectivity index (χ3n) is 5.10. The molecule has 152 valence electrons. The van der Waals surface area contributed by atoms with Crippen molar-refractivity contribution in [2.45, 2.75) is 12.5 Å². The second kappa shape index (κ2) is 9.90. The summed E-state index contributed by atoms with van der Waals surface area (Å²) in [5, 5.41) is 22.6. The lowest BCUT2D eigenvalue weighted by Crippen LogP contribution is -3.29. The lowest BCUT2D eigenvalue weighted by molar-refractivity contribution is -1.01. The van der Waals surface area contributed by atoms with E-state index >= 15 is 0 Å². The molecular weight excluding hydrogens is 370 g/mol. The zero-order chi connectivity index (χ0) is 20.6. The predicted molar refractivity (Wildman–Crippen MR) is 106 cm³/mol. The Balaban J connectivity index is 1.55. The summed E-state index contributed by atoms with van der Waals surface area (Å²) in [5.41, 5.74) is 2.00. The number of likely N-dealkylation sites (N-methyl/N-ethyl adjacent to an activating group) is 1. The summed E-state index contributed by atoms with van der Waals surface area (Å²) in [5.74, 6) is -1.51. The highest BCUT2D eigenvalue weighted by Crippen LogP contribution is 2.20. The Morgan fingerprint density at radius 2 is 1.55 bits per heavy atom. The van der Waals surface area contributed by atoms with E-state index in [1.165, 1.54) is 4.90 Å². The largest absolute Gasteiger partial charge is 0.544 e. The van der Waals surface area contributed by atoms with Crippen molar-refractivity contribution in [2.24, 2.45) is 10.2 Å². The van der Waals surface area contributed by atoms with Gasteiger partial charge < -0.3 is 25.0 Å². The van der Waals surface area contributed by atoms with Crippen LogP contribution >= 0.6 is 0 Å². The van der Waals surface area contributed by atoms with Gasteiger partial charge in [-0.1, -0.05) is 18.2 Å². The van der Waals surface area contributed by atoms with Crippen LogP contribution in [0.5, 0.6) is 0 Å². The highest BCUT2D eigenvalue weighted by atomic mass is 16.4. The molecule has 8 nitrogen and oxygen atoms in total. The summed E-state index contributed by atoms with van der Waals surface area (Å²) in [6.07, 6.45) is -0.105. The number of piperazine rings is 1. The molecule has 2 aromatic rings. The molecule has 1 amide bonds. The number of quaternary nitrogens is 2. The molecule has 0 radical (unpaired) electrons. The molecule has 29 heavy (non-hydrogen) atoms. The fourth-order valence-corrected chi connectivity index (χ4v) is 3.36. The van der Waals surface area contributed by atoms with E-state index in [4.69, 9.17) is 0 Å². The molecule has 0 spiro atoms. The summed E-state index contributed by atoms with van der Waals surface area (Å²) in [4.78, 5) is 26.2. The first kappa shape index (κ1) is 20.6. The fraction of sp³-hybridized carbons (Fsp3) is 0.333. The monoisotopic (exact) mass is 396 g/mol. The molecule has 2 aromatic carbocycles. The zero-order valence-electron chi connectivity index (χ0n) is 16.4. The van der Waals surface area contributed by atoms with Crippen LogP contribution in [-0.4, -0.2) is 51.1 Å². The lowest BCUT2D eigenvalue weighted by atomic mass is 10.1. The van der Waals surface area contributed by atoms with Crippen molar-refractivity contribution in [1.82, 2.24) is 0 Å². The normalized spacial score (nSPS) is 20.3. The van der Waals surface area contributed by atoms with Crippen LogP contribution < -0.4 is 20.2 Å². The molecule has 0 bridgehead atoms. The van der Waals surface area contributed by atoms with Gasteiger partial charge in [-0.2, -0.15) is 10.2 Å². The van der Waals surface area contributed by atoms with Gasteiger partial charge in [0.1, 0.15) is 32.2 Å². The Bertz CT molecular complexity index is 846. The Labute approximate surface area is 169 Å². The summed E-state index contributed by atoms with van der Waals surface area (Å²) in [6, 6.07) is 15.5. The predicted octanol–water partition coefficient (Wildman–Crippen LogP) is -1.04. The summed E-state index contributed by atoms with van der Waals surface area (Å²) in [7, 11) is 2.08. The number of anilines is 1. The van der Waals surface area contributed by atoms with Gasteiger partial charge in [-0.15, -0.1) is 0 Å². The molecule has 3 rings (SSSR count). The highest BCUT2D eigenvalue weighted by molar-refractivity contribution is 5.93. The second-order valence-corrected chi connectivity index (χ2v) is 7.32. The van der Waals surface area contributed by atoms with E-state index < -0.39 is 12.0 Å². The van der Waals surface area contributed by atoms with Gasteiger partial charge in [0.2, 0.25) is 5.91 Å². The standard InChI is InChI=1S/C21H25N5O3/c1-25-11-13-26(14-12-25)19(21(28)29)15-20(27)22-16-7-9-18(10-8-16)24-23-17-5-3-2-4-6-17/h2-10,19H,11-15H2,1H3,(H,22,27)(H,28,29)/p+1/t19-/m1/s1. The molecule has 1 atom stereocenters. The number of amides is 1. The Morgan fingerprint density at radius 3 is 2.14 bits per heavy atom. The smallest absolute Gasteiger partial charge is 0.230 e. The Morgan fingerprint density at radius 1 is 0.966 bits per heavy atom. The molecule has 0 saturated carbocycles. The van der Waals surface area contributed by atoms with Gasteiger partial charge in [-0.3, -0.25) is 4.79 Å². The number of hydrogen-bond donors (Lipinski definition) is 3. The van der Waals surface area contributed by atoms with Crippen LogP contribution in [0.1, 0.15) is 6.42 Å². The molecule has 0 unspecified atom stereocenters. The fourth-order valence-electron chi connectivity index (χ4n) is 3.36. The van der Waals surface area contributed by atoms with E-state index in [1.807, 2.05) is 30.3 Å². The maximum absolute atomic E-state index is 12.4. The molecule has 1 fully saturated rings. The van der Waals surface area contributed by atoms with Gasteiger partial charge in [0.05, 0.1) is 30.8 Å². The van der Waals surface area contributed by atoms with Gasteiger partial charge in [0, 0.05) is 5.69 Å². The Hall–Kier alpha value is -3.10. The minimum Gasteiger partial charge on any atom is -0.544 e. The number of carboxylic acids is 1. The summed E-state index contributed by atoms with van der Waals surface area (Å²) in [6.45, 7) is 3.22. The highest BCUT2D eigenvalue weighted by Gasteiger charge is 2.30. The van der Waals surface area contributed by atoms with E-state index in [0.717, 1.165) is 36.8 Å². The number of azo groups is 1. The molecule has 1 aliphatic heterocycles. The minimum absolute atomic E-state index is 0.105. The number of nitrogens with one attached hydrogen (secondary N) is 3. The Kier molecular flexibility index (Phi) is 7.04. The zero-order valence-corrected chi connectivity index (χ0v) is 16.4. The minimum atomic E-state index is -1.17. The quantitative estimate of drug-likeness (QED) is 0.521. The van der Waals surface area contributed by atoms with Gasteiger partial charge >= 0.3 is 0 Å². The molecule has 0 aliphatic carbocycles. The van der Waals surface area contributed by atoms with Gasteiger partial charge in [0.15, 0.2) is 0 Å². The second-order valence-electron chi connectivity index (χ2n) is 7.32. The van der Waals surface area contributed by atoms with Crippen molar-refractivity contribution < 1.29 is 24.5 Å². The van der Waals surface area contributed by atoms with Gasteiger partial charge in [-0.05, 0) is 36.4 Å². The van der Waals surface area contributed by atoms with E-state index in [1.54, 1.807) is 24.3 Å². The molecule has 0 aromatic heterocycles. The number of carboxylic acid groups (broad SMARTS) is 1. The molecule has 1 aliphatic rings. The first-order valence-electron chi connectivity index (χ1n) is 9.75. The number of aliphatic carboxylic acids is 1. The number of rotatable bonds is 7. The van der Waals surface area contributed by atoms with Crippen molar-refractivity contribution in [3.05, 3.63) is 54.6 Å². The van der Waals surface area contributed by atoms with E-state index in [0.29, 0.717) is 11.4 Å². The van der Waals surface area contributed by atoms with Crippen LogP contribution in [0.2, 0.25) is 0 Å². The van der Waals surface area contributed by atoms with Crippen molar-refractivity contribution in [3.63, 3.8) is 0 Å². The molecule has 1 heterocycles. The molecule has 3 N–H and O–H groups in total. The van der Waals surface area contributed by atoms with Crippen LogP contribution in [0.4, 0.5) is 17.1 Å². The van der Waals surface area contributed by atoms with Crippen molar-refractivity contribution in [3.8, 4) is 0 Å². The van der Waals surface area contributed by atoms with E-state index in [2.05, 4.69) is 22.6 Å². The van der Waals surface area contributed by atoms with Crippen LogP contribution in [0.25, 0.3) is 0 Å². The maximum atomic E-state index is 12.4. The number of carbonyl (C=O) groups is 2. The molecule has 1 saturated heterocycles. The van der Waals surface area contributed by atoms with E-state index in [-0.39, 0.29) is 12.3 Å². The lowest BCUT2D eigenvalue weighted by Gasteiger charge is -2.33. The number of carbonyl (C=O) groups excluding carboxylic acids is 2. The number of nitrogens with zero attached hydrogens (tertiary/aromatic N) is 2. The van der Waals surface area contributed by atoms with Gasteiger partial charge in [-0.25, -0.2) is 0 Å². The first-order valence-corrected chi connectivity index (χ1v) is 9.75. The SMILES string of the molecule is C[NH+]1CC[NH+]([C@H](CC(=O)Nc2ccc(N=Nc3ccccc3)cc2)C(=O)[O-])CC1. The van der Waals surface area contributed by atoms with Crippen LogP contribution in [0.15, 0.2) is 64.8 Å².